The van der Waals surface area contributed by atoms with E-state index in [2.05, 4.69) is 5.32 Å². The number of hydrogen-bond acceptors (Lipinski definition) is 5. The molecular formula is C11H18ClN3O4S. The monoisotopic (exact) mass is 323 g/mol. The second-order valence-corrected chi connectivity index (χ2v) is 6.16. The summed E-state index contributed by atoms with van der Waals surface area (Å²) in [5, 5.41) is 8.23. The number of carbonyl (C=O) groups excluding carboxylic acids is 1. The van der Waals surface area contributed by atoms with Gasteiger partial charge in [0.15, 0.2) is 5.76 Å². The van der Waals surface area contributed by atoms with E-state index in [9.17, 15) is 13.2 Å². The van der Waals surface area contributed by atoms with Crippen LogP contribution in [-0.4, -0.2) is 44.9 Å². The van der Waals surface area contributed by atoms with Crippen molar-refractivity contribution in [1.29, 1.82) is 0 Å². The smallest absolute Gasteiger partial charge is 0.289 e. The van der Waals surface area contributed by atoms with Gasteiger partial charge in [0, 0.05) is 31.7 Å². The summed E-state index contributed by atoms with van der Waals surface area (Å²) in [4.78, 5) is 13.8. The first-order chi connectivity index (χ1) is 8.80. The number of nitrogens with zero attached hydrogens (tertiary/aromatic N) is 1. The molecule has 2 heterocycles. The maximum absolute atomic E-state index is 12.3. The van der Waals surface area contributed by atoms with Crippen LogP contribution in [0.1, 0.15) is 23.2 Å². The molecule has 20 heavy (non-hydrogen) atoms. The van der Waals surface area contributed by atoms with Crippen LogP contribution in [0.4, 0.5) is 0 Å². The van der Waals surface area contributed by atoms with Crippen molar-refractivity contribution in [2.45, 2.75) is 24.8 Å². The molecule has 1 aliphatic rings. The van der Waals surface area contributed by atoms with Crippen LogP contribution in [0.25, 0.3) is 0 Å². The van der Waals surface area contributed by atoms with Crippen molar-refractivity contribution in [3.8, 4) is 0 Å². The molecule has 7 nitrogen and oxygen atoms in total. The van der Waals surface area contributed by atoms with E-state index < -0.39 is 10.0 Å². The maximum atomic E-state index is 12.3. The minimum absolute atomic E-state index is 0. The first-order valence-electron chi connectivity index (χ1n) is 5.95. The van der Waals surface area contributed by atoms with E-state index in [1.807, 2.05) is 6.92 Å². The number of piperazine rings is 1. The lowest BCUT2D eigenvalue weighted by Crippen LogP contribution is -2.52. The van der Waals surface area contributed by atoms with Crippen LogP contribution in [0.5, 0.6) is 0 Å². The van der Waals surface area contributed by atoms with E-state index in [0.29, 0.717) is 19.6 Å². The van der Waals surface area contributed by atoms with Crippen molar-refractivity contribution in [3.63, 3.8) is 0 Å². The Morgan fingerprint density at radius 2 is 2.20 bits per heavy atom. The first-order valence-corrected chi connectivity index (χ1v) is 7.50. The fraction of sp³-hybridized carbons (Fsp3) is 0.545. The number of amides is 1. The highest BCUT2D eigenvalue weighted by atomic mass is 35.5. The zero-order valence-corrected chi connectivity index (χ0v) is 12.9. The van der Waals surface area contributed by atoms with Gasteiger partial charge < -0.3 is 14.6 Å². The lowest BCUT2D eigenvalue weighted by molar-refractivity contribution is 0.0622. The number of primary sulfonamides is 1. The SMILES string of the molecule is Cc1oc(C(=O)N2CCNCC2C)cc1S(N)(=O)=O.Cl. The second-order valence-electron chi connectivity index (χ2n) is 4.63. The molecule has 1 aliphatic heterocycles. The number of hydrogen-bond donors (Lipinski definition) is 2. The van der Waals surface area contributed by atoms with Gasteiger partial charge in [0.05, 0.1) is 0 Å². The molecule has 1 aromatic heterocycles. The molecule has 1 saturated heterocycles. The molecule has 0 spiro atoms. The zero-order valence-electron chi connectivity index (χ0n) is 11.3. The molecule has 1 aromatic rings. The Kier molecular flexibility index (Phi) is 5.20. The molecule has 9 heteroatoms. The Hall–Kier alpha value is -1.09. The molecule has 0 saturated carbocycles. The Morgan fingerprint density at radius 3 is 2.70 bits per heavy atom. The van der Waals surface area contributed by atoms with Crippen LogP contribution in [0.3, 0.4) is 0 Å². The van der Waals surface area contributed by atoms with E-state index in [1.54, 1.807) is 4.90 Å². The first kappa shape index (κ1) is 17.0. The Balaban J connectivity index is 0.00000200. The summed E-state index contributed by atoms with van der Waals surface area (Å²) in [6, 6.07) is 1.23. The van der Waals surface area contributed by atoms with Gasteiger partial charge in [0.25, 0.3) is 5.91 Å². The van der Waals surface area contributed by atoms with Gasteiger partial charge in [-0.3, -0.25) is 4.79 Å². The van der Waals surface area contributed by atoms with Crippen LogP contribution in [0.15, 0.2) is 15.4 Å². The van der Waals surface area contributed by atoms with E-state index in [0.717, 1.165) is 0 Å². The highest BCUT2D eigenvalue weighted by molar-refractivity contribution is 7.89. The number of aryl methyl sites for hydroxylation is 1. The van der Waals surface area contributed by atoms with Crippen molar-refractivity contribution >= 4 is 28.3 Å². The summed E-state index contributed by atoms with van der Waals surface area (Å²) < 4.78 is 27.9. The quantitative estimate of drug-likeness (QED) is 0.802. The van der Waals surface area contributed by atoms with Crippen LogP contribution in [0, 0.1) is 6.92 Å². The van der Waals surface area contributed by atoms with E-state index >= 15 is 0 Å². The largest absolute Gasteiger partial charge is 0.455 e. The van der Waals surface area contributed by atoms with E-state index in [1.165, 1.54) is 13.0 Å². The number of nitrogens with one attached hydrogen (secondary N) is 1. The van der Waals surface area contributed by atoms with Crippen molar-refractivity contribution in [2.24, 2.45) is 5.14 Å². The highest BCUT2D eigenvalue weighted by Gasteiger charge is 2.28. The fourth-order valence-corrected chi connectivity index (χ4v) is 2.85. The molecule has 1 fully saturated rings. The molecule has 0 bridgehead atoms. The third kappa shape index (κ3) is 3.32. The van der Waals surface area contributed by atoms with E-state index in [-0.39, 0.29) is 40.8 Å². The molecule has 3 N–H and O–H groups in total. The normalized spacial score (nSPS) is 19.6. The summed E-state index contributed by atoms with van der Waals surface area (Å²) in [6.45, 7) is 5.36. The van der Waals surface area contributed by atoms with Crippen LogP contribution < -0.4 is 10.5 Å². The molecule has 2 rings (SSSR count). The lowest BCUT2D eigenvalue weighted by atomic mass is 10.2. The summed E-state index contributed by atoms with van der Waals surface area (Å²) in [7, 11) is -3.87. The van der Waals surface area contributed by atoms with Crippen molar-refractivity contribution in [3.05, 3.63) is 17.6 Å². The van der Waals surface area contributed by atoms with Crippen LogP contribution in [-0.2, 0) is 10.0 Å². The van der Waals surface area contributed by atoms with Crippen LogP contribution in [0.2, 0.25) is 0 Å². The summed E-state index contributed by atoms with van der Waals surface area (Å²) in [5.41, 5.74) is 0. The summed E-state index contributed by atoms with van der Waals surface area (Å²) >= 11 is 0. The Bertz CT molecular complexity index is 599. The third-order valence-electron chi connectivity index (χ3n) is 3.15. The molecule has 1 amide bonds. The predicted octanol–water partition coefficient (Wildman–Crippen LogP) is 0.0911. The molecule has 0 radical (unpaired) electrons. The van der Waals surface area contributed by atoms with E-state index in [4.69, 9.17) is 9.56 Å². The van der Waals surface area contributed by atoms with Crippen LogP contribution >= 0.6 is 12.4 Å². The highest BCUT2D eigenvalue weighted by Crippen LogP contribution is 2.21. The minimum Gasteiger partial charge on any atom is -0.455 e. The van der Waals surface area contributed by atoms with Crippen molar-refractivity contribution < 1.29 is 17.6 Å². The standard InChI is InChI=1S/C11H17N3O4S.ClH/c1-7-6-13-3-4-14(7)11(15)9-5-10(8(2)18-9)19(12,16)17;/h5,7,13H,3-4,6H2,1-2H3,(H2,12,16,17);1H. The number of nitrogens with two attached hydrogens (primary N) is 1. The second kappa shape index (κ2) is 6.13. The summed E-state index contributed by atoms with van der Waals surface area (Å²) in [5.74, 6) is -0.170. The predicted molar refractivity (Wildman–Crippen MR) is 75.4 cm³/mol. The minimum atomic E-state index is -3.87. The zero-order chi connectivity index (χ0) is 14.2. The number of furan rings is 1. The van der Waals surface area contributed by atoms with Crippen molar-refractivity contribution in [1.82, 2.24) is 10.2 Å². The van der Waals surface area contributed by atoms with Crippen molar-refractivity contribution in [2.75, 3.05) is 19.6 Å². The van der Waals surface area contributed by atoms with Gasteiger partial charge in [-0.1, -0.05) is 0 Å². The van der Waals surface area contributed by atoms with Gasteiger partial charge >= 0.3 is 0 Å². The number of rotatable bonds is 2. The fourth-order valence-electron chi connectivity index (χ4n) is 2.14. The molecule has 1 atom stereocenters. The van der Waals surface area contributed by atoms with Gasteiger partial charge in [-0.05, 0) is 13.8 Å². The Labute approximate surface area is 123 Å². The molecule has 114 valence electrons. The molecule has 0 aliphatic carbocycles. The average Bonchev–Trinajstić information content (AvgIpc) is 2.71. The average molecular weight is 324 g/mol. The molecule has 0 aromatic carbocycles. The topological polar surface area (TPSA) is 106 Å². The number of carbonyl (C=O) groups is 1. The van der Waals surface area contributed by atoms with Gasteiger partial charge in [-0.15, -0.1) is 12.4 Å². The number of halogens is 1. The van der Waals surface area contributed by atoms with Gasteiger partial charge in [-0.25, -0.2) is 13.6 Å². The number of sulfonamides is 1. The third-order valence-corrected chi connectivity index (χ3v) is 4.17. The Morgan fingerprint density at radius 1 is 1.55 bits per heavy atom. The van der Waals surface area contributed by atoms with Gasteiger partial charge in [0.1, 0.15) is 10.7 Å². The van der Waals surface area contributed by atoms with Gasteiger partial charge in [-0.2, -0.15) is 0 Å². The van der Waals surface area contributed by atoms with Gasteiger partial charge in [0.2, 0.25) is 10.0 Å². The molecular weight excluding hydrogens is 306 g/mol. The molecule has 1 unspecified atom stereocenters. The lowest BCUT2D eigenvalue weighted by Gasteiger charge is -2.33. The summed E-state index contributed by atoms with van der Waals surface area (Å²) in [6.07, 6.45) is 0. The maximum Gasteiger partial charge on any atom is 0.289 e.